The van der Waals surface area contributed by atoms with Crippen molar-refractivity contribution in [1.29, 1.82) is 0 Å². The van der Waals surface area contributed by atoms with E-state index in [1.807, 2.05) is 49.4 Å². The minimum Gasteiger partial charge on any atom is -0.360 e. The molecule has 0 radical (unpaired) electrons. The number of carbonyl (C=O) groups excluding carboxylic acids is 1. The lowest BCUT2D eigenvalue weighted by atomic mass is 9.95. The molecular weight excluding hydrogens is 559 g/mol. The molecule has 0 saturated carbocycles. The van der Waals surface area contributed by atoms with E-state index in [-0.39, 0.29) is 32.5 Å². The van der Waals surface area contributed by atoms with E-state index in [0.717, 1.165) is 11.1 Å². The minimum absolute atomic E-state index is 0.0527. The largest absolute Gasteiger partial charge is 0.416 e. The number of amides is 2. The van der Waals surface area contributed by atoms with Crippen LogP contribution in [0.25, 0.3) is 0 Å². The third kappa shape index (κ3) is 5.44. The van der Waals surface area contributed by atoms with Crippen LogP contribution >= 0.6 is 0 Å². The number of ether oxygens (including phenoxy) is 1. The van der Waals surface area contributed by atoms with Gasteiger partial charge in [0, 0.05) is 43.8 Å². The number of aryl methyl sites for hydroxylation is 1. The molecule has 1 atom stereocenters. The summed E-state index contributed by atoms with van der Waals surface area (Å²) in [6.45, 7) is 1.97. The number of carbonyl (C=O) groups is 1. The number of anilines is 2. The molecule has 0 bridgehead atoms. The number of nitrogens with one attached hydrogen (secondary N) is 1. The number of hydrogen-bond donors (Lipinski definition) is 1. The summed E-state index contributed by atoms with van der Waals surface area (Å²) in [6.07, 6.45) is -4.84. The van der Waals surface area contributed by atoms with Crippen LogP contribution < -0.4 is 10.2 Å². The van der Waals surface area contributed by atoms with Crippen molar-refractivity contribution in [2.24, 2.45) is 0 Å². The van der Waals surface area contributed by atoms with Gasteiger partial charge in [0.05, 0.1) is 28.1 Å². The summed E-state index contributed by atoms with van der Waals surface area (Å²) < 4.78 is 46.5. The zero-order chi connectivity index (χ0) is 30.2. The van der Waals surface area contributed by atoms with Gasteiger partial charge in [-0.15, -0.1) is 0 Å². The number of halogens is 3. The summed E-state index contributed by atoms with van der Waals surface area (Å²) in [6, 6.07) is 16.2. The zero-order valence-corrected chi connectivity index (χ0v) is 22.3. The van der Waals surface area contributed by atoms with Gasteiger partial charge in [0.2, 0.25) is 0 Å². The van der Waals surface area contributed by atoms with Gasteiger partial charge in [0.1, 0.15) is 5.72 Å². The Morgan fingerprint density at radius 3 is 2.07 bits per heavy atom. The van der Waals surface area contributed by atoms with Gasteiger partial charge >= 0.3 is 12.2 Å². The van der Waals surface area contributed by atoms with Crippen molar-refractivity contribution in [3.05, 3.63) is 104 Å². The number of nitro benzene ring substituents is 2. The smallest absolute Gasteiger partial charge is 0.360 e. The Morgan fingerprint density at radius 2 is 1.55 bits per heavy atom. The van der Waals surface area contributed by atoms with Gasteiger partial charge in [-0.05, 0) is 24.6 Å². The second-order valence-corrected chi connectivity index (χ2v) is 10.2. The van der Waals surface area contributed by atoms with E-state index < -0.39 is 56.4 Å². The molecule has 0 aliphatic carbocycles. The molecule has 2 aliphatic heterocycles. The van der Waals surface area contributed by atoms with Crippen LogP contribution in [-0.2, 0) is 10.9 Å². The number of rotatable bonds is 5. The molecular formula is C28H26F3N5O6. The molecule has 0 aromatic heterocycles. The van der Waals surface area contributed by atoms with Crippen LogP contribution in [0.1, 0.15) is 35.6 Å². The molecule has 1 spiro atoms. The minimum atomic E-state index is -5.02. The highest BCUT2D eigenvalue weighted by Crippen LogP contribution is 2.48. The molecule has 11 nitrogen and oxygen atoms in total. The molecule has 3 aromatic carbocycles. The van der Waals surface area contributed by atoms with Crippen LogP contribution in [0.4, 0.5) is 40.7 Å². The van der Waals surface area contributed by atoms with Crippen molar-refractivity contribution in [3.63, 3.8) is 0 Å². The van der Waals surface area contributed by atoms with E-state index in [4.69, 9.17) is 4.74 Å². The number of alkyl halides is 3. The Hall–Kier alpha value is -4.72. The van der Waals surface area contributed by atoms with Crippen molar-refractivity contribution in [2.75, 3.05) is 29.9 Å². The highest BCUT2D eigenvalue weighted by Gasteiger charge is 2.53. The van der Waals surface area contributed by atoms with Gasteiger partial charge in [-0.3, -0.25) is 25.1 Å². The van der Waals surface area contributed by atoms with E-state index in [2.05, 4.69) is 5.32 Å². The lowest BCUT2D eigenvalue weighted by Gasteiger charge is -2.45. The first kappa shape index (κ1) is 28.8. The van der Waals surface area contributed by atoms with Crippen LogP contribution in [0.15, 0.2) is 66.7 Å². The zero-order valence-electron chi connectivity index (χ0n) is 22.3. The third-order valence-electron chi connectivity index (χ3n) is 7.62. The first-order valence-electron chi connectivity index (χ1n) is 13.0. The maximum Gasteiger partial charge on any atom is 0.416 e. The van der Waals surface area contributed by atoms with Crippen LogP contribution in [0, 0.1) is 27.2 Å². The van der Waals surface area contributed by atoms with Gasteiger partial charge < -0.3 is 15.0 Å². The normalized spacial score (nSPS) is 18.2. The van der Waals surface area contributed by atoms with Crippen molar-refractivity contribution in [1.82, 2.24) is 4.90 Å². The Labute approximate surface area is 237 Å². The Morgan fingerprint density at radius 1 is 0.976 bits per heavy atom. The molecule has 220 valence electrons. The molecule has 2 saturated heterocycles. The van der Waals surface area contributed by atoms with Gasteiger partial charge in [-0.1, -0.05) is 48.0 Å². The van der Waals surface area contributed by atoms with Crippen LogP contribution in [-0.4, -0.2) is 46.2 Å². The Balaban J connectivity index is 1.48. The number of nitro groups is 2. The standard InChI is InChI=1S/C28H26F3N5O6/c1-18-7-9-21(10-8-18)32-26(37)34-24(19-5-3-2-4-6-19)17-42-27(34)11-13-33(14-12-27)25-22(35(38)39)15-20(28(29,30)31)16-23(25)36(40)41/h2-10,15-16,24H,11-14,17H2,1H3,(H,32,37)/t24-/m1/s1. The SMILES string of the molecule is Cc1ccc(NC(=O)N2[C@@H](c3ccccc3)COC23CCN(c2c([N+](=O)[O-])cc(C(F)(F)F)cc2[N+](=O)[O-])CC3)cc1. The van der Waals surface area contributed by atoms with Gasteiger partial charge in [-0.25, -0.2) is 4.79 Å². The van der Waals surface area contributed by atoms with Gasteiger partial charge in [-0.2, -0.15) is 13.2 Å². The molecule has 3 aromatic rings. The van der Waals surface area contributed by atoms with Crippen molar-refractivity contribution in [2.45, 2.75) is 37.7 Å². The third-order valence-corrected chi connectivity index (χ3v) is 7.62. The summed E-state index contributed by atoms with van der Waals surface area (Å²) in [7, 11) is 0. The molecule has 42 heavy (non-hydrogen) atoms. The number of nitrogens with zero attached hydrogens (tertiary/aromatic N) is 4. The molecule has 1 N–H and O–H groups in total. The predicted octanol–water partition coefficient (Wildman–Crippen LogP) is 6.43. The maximum absolute atomic E-state index is 13.8. The second kappa shape index (κ2) is 10.9. The fourth-order valence-electron chi connectivity index (χ4n) is 5.56. The Bertz CT molecular complexity index is 1470. The predicted molar refractivity (Wildman–Crippen MR) is 146 cm³/mol. The number of piperidine rings is 1. The summed E-state index contributed by atoms with van der Waals surface area (Å²) in [4.78, 5) is 38.2. The monoisotopic (exact) mass is 585 g/mol. The van der Waals surface area contributed by atoms with E-state index in [9.17, 15) is 38.2 Å². The van der Waals surface area contributed by atoms with Crippen molar-refractivity contribution >= 4 is 28.8 Å². The summed E-state index contributed by atoms with van der Waals surface area (Å²) in [5, 5.41) is 26.5. The van der Waals surface area contributed by atoms with Crippen LogP contribution in [0.2, 0.25) is 0 Å². The molecule has 0 unspecified atom stereocenters. The lowest BCUT2D eigenvalue weighted by Crippen LogP contribution is -2.56. The van der Waals surface area contributed by atoms with E-state index >= 15 is 0 Å². The molecule has 5 rings (SSSR count). The molecule has 2 aliphatic rings. The second-order valence-electron chi connectivity index (χ2n) is 10.2. The van der Waals surface area contributed by atoms with Crippen LogP contribution in [0.5, 0.6) is 0 Å². The average molecular weight is 586 g/mol. The number of benzene rings is 3. The topological polar surface area (TPSA) is 131 Å². The fourth-order valence-corrected chi connectivity index (χ4v) is 5.56. The highest BCUT2D eigenvalue weighted by molar-refractivity contribution is 5.90. The van der Waals surface area contributed by atoms with Crippen LogP contribution in [0.3, 0.4) is 0 Å². The summed E-state index contributed by atoms with van der Waals surface area (Å²) >= 11 is 0. The molecule has 2 amide bonds. The van der Waals surface area contributed by atoms with Gasteiger partial charge in [0.25, 0.3) is 11.4 Å². The molecule has 2 heterocycles. The first-order chi connectivity index (χ1) is 19.9. The maximum atomic E-state index is 13.8. The average Bonchev–Trinajstić information content (AvgIpc) is 3.32. The molecule has 2 fully saturated rings. The molecule has 14 heteroatoms. The Kier molecular flexibility index (Phi) is 7.49. The fraction of sp³-hybridized carbons (Fsp3) is 0.321. The summed E-state index contributed by atoms with van der Waals surface area (Å²) in [5.74, 6) is 0. The summed E-state index contributed by atoms with van der Waals surface area (Å²) in [5.41, 5.74) is -2.80. The van der Waals surface area contributed by atoms with Crippen molar-refractivity contribution in [3.8, 4) is 0 Å². The number of urea groups is 1. The highest BCUT2D eigenvalue weighted by atomic mass is 19.4. The quantitative estimate of drug-likeness (QED) is 0.270. The lowest BCUT2D eigenvalue weighted by molar-refractivity contribution is -0.393. The number of hydrogen-bond acceptors (Lipinski definition) is 7. The van der Waals surface area contributed by atoms with Gasteiger partial charge in [0.15, 0.2) is 5.69 Å². The van der Waals surface area contributed by atoms with E-state index in [1.165, 1.54) is 4.90 Å². The van der Waals surface area contributed by atoms with Crippen molar-refractivity contribution < 1.29 is 32.5 Å². The van der Waals surface area contributed by atoms with E-state index in [1.54, 1.807) is 17.0 Å². The van der Waals surface area contributed by atoms with E-state index in [0.29, 0.717) is 17.8 Å². The first-order valence-corrected chi connectivity index (χ1v) is 13.0.